The summed E-state index contributed by atoms with van der Waals surface area (Å²) in [4.78, 5) is 4.48. The average molecular weight is 282 g/mol. The summed E-state index contributed by atoms with van der Waals surface area (Å²) in [5.74, 6) is 0. The van der Waals surface area contributed by atoms with E-state index < -0.39 is 0 Å². The van der Waals surface area contributed by atoms with Gasteiger partial charge in [-0.15, -0.1) is 0 Å². The van der Waals surface area contributed by atoms with E-state index in [4.69, 9.17) is 0 Å². The maximum atomic E-state index is 4.48. The molecular weight excluding hydrogens is 256 g/mol. The highest BCUT2D eigenvalue weighted by molar-refractivity contribution is 5.79. The third-order valence-electron chi connectivity index (χ3n) is 3.28. The van der Waals surface area contributed by atoms with Crippen molar-refractivity contribution in [3.63, 3.8) is 0 Å². The van der Waals surface area contributed by atoms with Crippen molar-refractivity contribution in [1.29, 1.82) is 0 Å². The SMILES string of the molecule is C=C(/C=C(/C)CN=CC(NC)=C(C)C)c1ccccc1C. The predicted molar refractivity (Wildman–Crippen MR) is 94.8 cm³/mol. The van der Waals surface area contributed by atoms with Gasteiger partial charge in [-0.25, -0.2) is 0 Å². The predicted octanol–water partition coefficient (Wildman–Crippen LogP) is 4.54. The molecule has 0 bridgehead atoms. The summed E-state index contributed by atoms with van der Waals surface area (Å²) >= 11 is 0. The summed E-state index contributed by atoms with van der Waals surface area (Å²) in [6, 6.07) is 8.30. The molecule has 0 saturated heterocycles. The van der Waals surface area contributed by atoms with Crippen molar-refractivity contribution < 1.29 is 0 Å². The number of rotatable bonds is 6. The first-order valence-electron chi connectivity index (χ1n) is 7.22. The molecule has 1 aromatic rings. The Balaban J connectivity index is 2.74. The van der Waals surface area contributed by atoms with Crippen LogP contribution in [0.2, 0.25) is 0 Å². The normalized spacial score (nSPS) is 11.6. The van der Waals surface area contributed by atoms with Gasteiger partial charge in [-0.05, 0) is 44.4 Å². The Hall–Kier alpha value is -2.09. The monoisotopic (exact) mass is 282 g/mol. The zero-order chi connectivity index (χ0) is 15.8. The molecule has 0 radical (unpaired) electrons. The number of benzene rings is 1. The highest BCUT2D eigenvalue weighted by Gasteiger charge is 2.00. The Bertz CT molecular complexity index is 585. The minimum Gasteiger partial charge on any atom is -0.387 e. The molecule has 0 aromatic heterocycles. The molecule has 2 nitrogen and oxygen atoms in total. The third kappa shape index (κ3) is 5.42. The van der Waals surface area contributed by atoms with Crippen LogP contribution in [0, 0.1) is 6.92 Å². The Morgan fingerprint density at radius 1 is 1.24 bits per heavy atom. The summed E-state index contributed by atoms with van der Waals surface area (Å²) in [5, 5.41) is 3.14. The Morgan fingerprint density at radius 2 is 1.90 bits per heavy atom. The lowest BCUT2D eigenvalue weighted by molar-refractivity contribution is 1.02. The largest absolute Gasteiger partial charge is 0.387 e. The van der Waals surface area contributed by atoms with Gasteiger partial charge in [-0.3, -0.25) is 4.99 Å². The van der Waals surface area contributed by atoms with E-state index in [0.717, 1.165) is 11.3 Å². The zero-order valence-corrected chi connectivity index (χ0v) is 13.8. The van der Waals surface area contributed by atoms with Crippen molar-refractivity contribution in [1.82, 2.24) is 5.32 Å². The smallest absolute Gasteiger partial charge is 0.0601 e. The standard InChI is InChI=1S/C19H26N2/c1-14(2)19(20-6)13-21-12-15(3)11-17(5)18-10-8-7-9-16(18)4/h7-11,13,20H,5,12H2,1-4,6H3/b15-11-,21-13?. The summed E-state index contributed by atoms with van der Waals surface area (Å²) in [6.07, 6.45) is 4.00. The molecule has 0 aliphatic rings. The van der Waals surface area contributed by atoms with Gasteiger partial charge in [0.1, 0.15) is 0 Å². The highest BCUT2D eigenvalue weighted by atomic mass is 14.9. The molecule has 0 fully saturated rings. The second kappa shape index (κ2) is 8.25. The molecule has 0 heterocycles. The summed E-state index contributed by atoms with van der Waals surface area (Å²) in [7, 11) is 1.91. The van der Waals surface area contributed by atoms with Crippen molar-refractivity contribution in [3.05, 3.63) is 64.9 Å². The first kappa shape index (κ1) is 17.0. The van der Waals surface area contributed by atoms with E-state index in [1.54, 1.807) is 0 Å². The van der Waals surface area contributed by atoms with Crippen LogP contribution in [0.5, 0.6) is 0 Å². The van der Waals surface area contributed by atoms with Gasteiger partial charge in [-0.1, -0.05) is 48.1 Å². The van der Waals surface area contributed by atoms with Gasteiger partial charge >= 0.3 is 0 Å². The molecule has 0 unspecified atom stereocenters. The van der Waals surface area contributed by atoms with Crippen LogP contribution in [0.25, 0.3) is 5.57 Å². The van der Waals surface area contributed by atoms with Crippen LogP contribution in [0.15, 0.2) is 58.8 Å². The third-order valence-corrected chi connectivity index (χ3v) is 3.28. The molecule has 0 aliphatic heterocycles. The maximum absolute atomic E-state index is 4.48. The van der Waals surface area contributed by atoms with E-state index in [9.17, 15) is 0 Å². The Kier molecular flexibility index (Phi) is 6.67. The fourth-order valence-electron chi connectivity index (χ4n) is 2.08. The number of aryl methyl sites for hydroxylation is 1. The van der Waals surface area contributed by atoms with Crippen molar-refractivity contribution in [2.24, 2.45) is 4.99 Å². The van der Waals surface area contributed by atoms with E-state index in [2.05, 4.69) is 62.8 Å². The molecule has 112 valence electrons. The lowest BCUT2D eigenvalue weighted by atomic mass is 10.0. The van der Waals surface area contributed by atoms with E-state index >= 15 is 0 Å². The molecule has 1 rings (SSSR count). The number of nitrogens with zero attached hydrogens (tertiary/aromatic N) is 1. The number of aliphatic imine (C=N–C) groups is 1. The van der Waals surface area contributed by atoms with E-state index in [1.165, 1.54) is 22.3 Å². The van der Waals surface area contributed by atoms with E-state index in [-0.39, 0.29) is 0 Å². The minimum atomic E-state index is 0.684. The molecule has 0 saturated carbocycles. The van der Waals surface area contributed by atoms with Crippen LogP contribution < -0.4 is 5.32 Å². The lowest BCUT2D eigenvalue weighted by Crippen LogP contribution is -2.08. The maximum Gasteiger partial charge on any atom is 0.0601 e. The van der Waals surface area contributed by atoms with Crippen LogP contribution in [-0.2, 0) is 0 Å². The van der Waals surface area contributed by atoms with E-state index in [0.29, 0.717) is 6.54 Å². The van der Waals surface area contributed by atoms with Gasteiger partial charge in [0.15, 0.2) is 0 Å². The Morgan fingerprint density at radius 3 is 2.48 bits per heavy atom. The molecule has 0 atom stereocenters. The van der Waals surface area contributed by atoms with Crippen molar-refractivity contribution in [2.45, 2.75) is 27.7 Å². The van der Waals surface area contributed by atoms with Crippen LogP contribution in [0.3, 0.4) is 0 Å². The van der Waals surface area contributed by atoms with Crippen LogP contribution in [0.4, 0.5) is 0 Å². The number of hydrogen-bond acceptors (Lipinski definition) is 2. The fourth-order valence-corrected chi connectivity index (χ4v) is 2.08. The van der Waals surface area contributed by atoms with Gasteiger partial charge < -0.3 is 5.32 Å². The van der Waals surface area contributed by atoms with Crippen LogP contribution >= 0.6 is 0 Å². The van der Waals surface area contributed by atoms with Gasteiger partial charge in [0.25, 0.3) is 0 Å². The lowest BCUT2D eigenvalue weighted by Gasteiger charge is -2.06. The van der Waals surface area contributed by atoms with Crippen molar-refractivity contribution in [3.8, 4) is 0 Å². The highest BCUT2D eigenvalue weighted by Crippen LogP contribution is 2.19. The Labute approximate surface area is 129 Å². The fraction of sp³-hybridized carbons (Fsp3) is 0.316. The summed E-state index contributed by atoms with van der Waals surface area (Å²) in [5.41, 5.74) is 6.98. The molecule has 21 heavy (non-hydrogen) atoms. The van der Waals surface area contributed by atoms with Gasteiger partial charge in [0.05, 0.1) is 12.2 Å². The van der Waals surface area contributed by atoms with Crippen molar-refractivity contribution in [2.75, 3.05) is 13.6 Å². The number of hydrogen-bond donors (Lipinski definition) is 1. The van der Waals surface area contributed by atoms with Crippen LogP contribution in [0.1, 0.15) is 31.9 Å². The molecule has 1 aromatic carbocycles. The average Bonchev–Trinajstić information content (AvgIpc) is 2.43. The molecule has 1 N–H and O–H groups in total. The molecule has 2 heteroatoms. The van der Waals surface area contributed by atoms with Gasteiger partial charge in [-0.2, -0.15) is 0 Å². The number of allylic oxidation sites excluding steroid dienone is 4. The molecular formula is C19H26N2. The van der Waals surface area contributed by atoms with Gasteiger partial charge in [0.2, 0.25) is 0 Å². The molecule has 0 spiro atoms. The summed E-state index contributed by atoms with van der Waals surface area (Å²) in [6.45, 7) is 13.2. The topological polar surface area (TPSA) is 24.4 Å². The van der Waals surface area contributed by atoms with Crippen molar-refractivity contribution >= 4 is 11.8 Å². The second-order valence-electron chi connectivity index (χ2n) is 5.46. The van der Waals surface area contributed by atoms with Gasteiger partial charge in [0, 0.05) is 13.3 Å². The first-order chi connectivity index (χ1) is 9.95. The quantitative estimate of drug-likeness (QED) is 0.601. The second-order valence-corrected chi connectivity index (χ2v) is 5.46. The number of nitrogens with one attached hydrogen (secondary N) is 1. The minimum absolute atomic E-state index is 0.684. The molecule has 0 aliphatic carbocycles. The van der Waals surface area contributed by atoms with E-state index in [1.807, 2.05) is 25.4 Å². The zero-order valence-electron chi connectivity index (χ0n) is 13.8. The first-order valence-corrected chi connectivity index (χ1v) is 7.22. The molecule has 0 amide bonds. The summed E-state index contributed by atoms with van der Waals surface area (Å²) < 4.78 is 0. The van der Waals surface area contributed by atoms with Crippen LogP contribution in [-0.4, -0.2) is 19.8 Å².